The van der Waals surface area contributed by atoms with Crippen LogP contribution < -0.4 is 0 Å². The van der Waals surface area contributed by atoms with Gasteiger partial charge in [0.2, 0.25) is 0 Å². The first-order chi connectivity index (χ1) is 8.02. The molecule has 98 valence electrons. The van der Waals surface area contributed by atoms with Gasteiger partial charge < -0.3 is 9.64 Å². The van der Waals surface area contributed by atoms with E-state index in [-0.39, 0.29) is 12.5 Å². The van der Waals surface area contributed by atoms with Gasteiger partial charge in [-0.25, -0.2) is 0 Å². The van der Waals surface area contributed by atoms with Crippen LogP contribution in [0.3, 0.4) is 0 Å². The van der Waals surface area contributed by atoms with Gasteiger partial charge in [-0.15, -0.1) is 0 Å². The van der Waals surface area contributed by atoms with Crippen molar-refractivity contribution in [2.45, 2.75) is 40.0 Å². The Balaban J connectivity index is 4.13. The molecule has 4 heteroatoms. The standard InChI is InChI=1S/C13H23NO3/c1-5-7-8-9-14(6-2)13(16)11(3)10-17-12(4)15/h3,5-10H2,1-2,4H3. The summed E-state index contributed by atoms with van der Waals surface area (Å²) in [6.07, 6.45) is 3.23. The molecular weight excluding hydrogens is 218 g/mol. The van der Waals surface area contributed by atoms with Gasteiger partial charge in [-0.05, 0) is 13.3 Å². The second-order valence-electron chi connectivity index (χ2n) is 3.98. The summed E-state index contributed by atoms with van der Waals surface area (Å²) in [5.41, 5.74) is 0.332. The number of unbranched alkanes of at least 4 members (excludes halogenated alkanes) is 2. The van der Waals surface area contributed by atoms with Crippen molar-refractivity contribution in [3.05, 3.63) is 12.2 Å². The highest BCUT2D eigenvalue weighted by atomic mass is 16.5. The van der Waals surface area contributed by atoms with Gasteiger partial charge in [-0.3, -0.25) is 9.59 Å². The predicted molar refractivity (Wildman–Crippen MR) is 67.6 cm³/mol. The topological polar surface area (TPSA) is 46.6 Å². The molecule has 0 heterocycles. The molecular formula is C13H23NO3. The molecule has 0 bridgehead atoms. The number of likely N-dealkylation sites (N-methyl/N-ethyl adjacent to an activating group) is 1. The Hall–Kier alpha value is -1.32. The average molecular weight is 241 g/mol. The third-order valence-corrected chi connectivity index (χ3v) is 2.45. The maximum atomic E-state index is 11.9. The Morgan fingerprint density at radius 2 is 1.88 bits per heavy atom. The fraction of sp³-hybridized carbons (Fsp3) is 0.692. The first-order valence-electron chi connectivity index (χ1n) is 6.13. The highest BCUT2D eigenvalue weighted by molar-refractivity contribution is 5.93. The molecule has 0 radical (unpaired) electrons. The minimum atomic E-state index is -0.395. The number of rotatable bonds is 8. The van der Waals surface area contributed by atoms with Crippen molar-refractivity contribution in [3.8, 4) is 0 Å². The van der Waals surface area contributed by atoms with Gasteiger partial charge in [0.15, 0.2) is 0 Å². The smallest absolute Gasteiger partial charge is 0.302 e. The fourth-order valence-corrected chi connectivity index (χ4v) is 1.43. The van der Waals surface area contributed by atoms with Gasteiger partial charge in [0.25, 0.3) is 5.91 Å². The van der Waals surface area contributed by atoms with Crippen LogP contribution in [0.25, 0.3) is 0 Å². The third kappa shape index (κ3) is 6.76. The van der Waals surface area contributed by atoms with Crippen LogP contribution in [0.1, 0.15) is 40.0 Å². The van der Waals surface area contributed by atoms with E-state index in [1.165, 1.54) is 6.92 Å². The van der Waals surface area contributed by atoms with Crippen LogP contribution in [-0.2, 0) is 14.3 Å². The number of carbonyl (C=O) groups excluding carboxylic acids is 2. The maximum Gasteiger partial charge on any atom is 0.302 e. The Bertz CT molecular complexity index is 274. The van der Waals surface area contributed by atoms with Crippen LogP contribution in [0.4, 0.5) is 0 Å². The van der Waals surface area contributed by atoms with Gasteiger partial charge >= 0.3 is 5.97 Å². The third-order valence-electron chi connectivity index (χ3n) is 2.45. The summed E-state index contributed by atoms with van der Waals surface area (Å²) in [4.78, 5) is 24.3. The summed E-state index contributed by atoms with van der Waals surface area (Å²) in [5, 5.41) is 0. The number of ether oxygens (including phenoxy) is 1. The van der Waals surface area contributed by atoms with E-state index in [0.29, 0.717) is 12.1 Å². The summed E-state index contributed by atoms with van der Waals surface area (Å²) in [6.45, 7) is 10.4. The van der Waals surface area contributed by atoms with Gasteiger partial charge in [0, 0.05) is 25.6 Å². The molecule has 0 fully saturated rings. The fourth-order valence-electron chi connectivity index (χ4n) is 1.43. The minimum Gasteiger partial charge on any atom is -0.461 e. The number of carbonyl (C=O) groups is 2. The number of nitrogens with zero attached hydrogens (tertiary/aromatic N) is 1. The van der Waals surface area contributed by atoms with E-state index >= 15 is 0 Å². The monoisotopic (exact) mass is 241 g/mol. The van der Waals surface area contributed by atoms with Gasteiger partial charge in [-0.2, -0.15) is 0 Å². The molecule has 0 aliphatic rings. The lowest BCUT2D eigenvalue weighted by molar-refractivity contribution is -0.140. The second-order valence-corrected chi connectivity index (χ2v) is 3.98. The summed E-state index contributed by atoms with van der Waals surface area (Å²) >= 11 is 0. The molecule has 0 atom stereocenters. The summed E-state index contributed by atoms with van der Waals surface area (Å²) in [5.74, 6) is -0.516. The molecule has 0 saturated carbocycles. The Labute approximate surface area is 104 Å². The van der Waals surface area contributed by atoms with Gasteiger partial charge in [-0.1, -0.05) is 26.3 Å². The molecule has 0 spiro atoms. The van der Waals surface area contributed by atoms with E-state index in [0.717, 1.165) is 25.8 Å². The lowest BCUT2D eigenvalue weighted by Gasteiger charge is -2.21. The summed E-state index contributed by atoms with van der Waals surface area (Å²) in [7, 11) is 0. The van der Waals surface area contributed by atoms with Crippen LogP contribution in [0.2, 0.25) is 0 Å². The van der Waals surface area contributed by atoms with E-state index < -0.39 is 5.97 Å². The molecule has 0 N–H and O–H groups in total. The normalized spacial score (nSPS) is 9.82. The number of amides is 1. The first-order valence-corrected chi connectivity index (χ1v) is 6.13. The first kappa shape index (κ1) is 15.7. The van der Waals surface area contributed by atoms with E-state index in [9.17, 15) is 9.59 Å². The highest BCUT2D eigenvalue weighted by Gasteiger charge is 2.15. The quantitative estimate of drug-likeness (QED) is 0.371. The van der Waals surface area contributed by atoms with Crippen LogP contribution >= 0.6 is 0 Å². The number of hydrogen-bond acceptors (Lipinski definition) is 3. The van der Waals surface area contributed by atoms with Crippen molar-refractivity contribution in [3.63, 3.8) is 0 Å². The van der Waals surface area contributed by atoms with Crippen molar-refractivity contribution in [2.75, 3.05) is 19.7 Å². The largest absolute Gasteiger partial charge is 0.461 e. The molecule has 4 nitrogen and oxygen atoms in total. The SMILES string of the molecule is C=C(COC(C)=O)C(=O)N(CC)CCCCC. The molecule has 17 heavy (non-hydrogen) atoms. The van der Waals surface area contributed by atoms with E-state index in [1.54, 1.807) is 4.90 Å². The Morgan fingerprint density at radius 3 is 2.35 bits per heavy atom. The van der Waals surface area contributed by atoms with E-state index in [2.05, 4.69) is 13.5 Å². The molecule has 1 amide bonds. The van der Waals surface area contributed by atoms with Gasteiger partial charge in [0.05, 0.1) is 0 Å². The lowest BCUT2D eigenvalue weighted by atomic mass is 10.2. The summed E-state index contributed by atoms with van der Waals surface area (Å²) < 4.78 is 4.76. The predicted octanol–water partition coefficient (Wildman–Crippen LogP) is 2.14. The molecule has 0 aliphatic heterocycles. The van der Waals surface area contributed by atoms with Crippen LogP contribution in [-0.4, -0.2) is 36.5 Å². The van der Waals surface area contributed by atoms with E-state index in [1.807, 2.05) is 6.92 Å². The zero-order valence-corrected chi connectivity index (χ0v) is 11.1. The number of hydrogen-bond donors (Lipinski definition) is 0. The van der Waals surface area contributed by atoms with Gasteiger partial charge in [0.1, 0.15) is 6.61 Å². The second kappa shape index (κ2) is 8.79. The summed E-state index contributed by atoms with van der Waals surface area (Å²) in [6, 6.07) is 0. The van der Waals surface area contributed by atoms with Crippen molar-refractivity contribution in [2.24, 2.45) is 0 Å². The van der Waals surface area contributed by atoms with Crippen LogP contribution in [0.15, 0.2) is 12.2 Å². The molecule has 0 rings (SSSR count). The molecule has 0 unspecified atom stereocenters. The Morgan fingerprint density at radius 1 is 1.24 bits per heavy atom. The number of esters is 1. The lowest BCUT2D eigenvalue weighted by Crippen LogP contribution is -2.34. The maximum absolute atomic E-state index is 11.9. The molecule has 0 saturated heterocycles. The van der Waals surface area contributed by atoms with Crippen molar-refractivity contribution in [1.82, 2.24) is 4.90 Å². The minimum absolute atomic E-state index is 0.0154. The molecule has 0 aliphatic carbocycles. The zero-order valence-electron chi connectivity index (χ0n) is 11.1. The van der Waals surface area contributed by atoms with Crippen LogP contribution in [0, 0.1) is 0 Å². The Kier molecular flexibility index (Phi) is 8.11. The molecule has 0 aromatic rings. The highest BCUT2D eigenvalue weighted by Crippen LogP contribution is 2.04. The zero-order chi connectivity index (χ0) is 13.3. The average Bonchev–Trinajstić information content (AvgIpc) is 2.31. The molecule has 0 aromatic carbocycles. The van der Waals surface area contributed by atoms with Crippen LogP contribution in [0.5, 0.6) is 0 Å². The molecule has 0 aromatic heterocycles. The van der Waals surface area contributed by atoms with Crippen molar-refractivity contribution < 1.29 is 14.3 Å². The van der Waals surface area contributed by atoms with E-state index in [4.69, 9.17) is 4.74 Å². The van der Waals surface area contributed by atoms with Crippen molar-refractivity contribution in [1.29, 1.82) is 0 Å². The van der Waals surface area contributed by atoms with Crippen molar-refractivity contribution >= 4 is 11.9 Å².